The lowest BCUT2D eigenvalue weighted by Crippen LogP contribution is -2.23. The second-order valence-electron chi connectivity index (χ2n) is 5.30. The summed E-state index contributed by atoms with van der Waals surface area (Å²) in [6.07, 6.45) is 3.86. The highest BCUT2D eigenvalue weighted by atomic mass is 16.3. The fraction of sp³-hybridized carbons (Fsp3) is 0.467. The zero-order valence-electron chi connectivity index (χ0n) is 11.2. The first kappa shape index (κ1) is 12.4. The van der Waals surface area contributed by atoms with Gasteiger partial charge in [0.15, 0.2) is 0 Å². The molecule has 1 aromatic carbocycles. The van der Waals surface area contributed by atoms with Crippen molar-refractivity contribution in [2.24, 2.45) is 0 Å². The van der Waals surface area contributed by atoms with E-state index in [1.807, 2.05) is 0 Å². The number of aryl methyl sites for hydroxylation is 2. The van der Waals surface area contributed by atoms with Crippen molar-refractivity contribution in [1.82, 2.24) is 14.8 Å². The molecule has 3 rings (SSSR count). The van der Waals surface area contributed by atoms with Gasteiger partial charge in [-0.05, 0) is 25.3 Å². The van der Waals surface area contributed by atoms with Crippen LogP contribution in [0, 0.1) is 6.92 Å². The highest BCUT2D eigenvalue weighted by Crippen LogP contribution is 2.25. The minimum atomic E-state index is 0.151. The third-order valence-electron chi connectivity index (χ3n) is 3.80. The SMILES string of the molecule is Cc1cccc(Cc2nnc3n2C(CO)CCC3)c1. The van der Waals surface area contributed by atoms with Gasteiger partial charge in [0.05, 0.1) is 12.6 Å². The van der Waals surface area contributed by atoms with Crippen LogP contribution < -0.4 is 0 Å². The summed E-state index contributed by atoms with van der Waals surface area (Å²) in [4.78, 5) is 0. The number of aliphatic hydroxyl groups excluding tert-OH is 1. The van der Waals surface area contributed by atoms with Gasteiger partial charge in [0.1, 0.15) is 11.6 Å². The van der Waals surface area contributed by atoms with E-state index in [0.717, 1.165) is 37.3 Å². The van der Waals surface area contributed by atoms with Crippen molar-refractivity contribution in [3.63, 3.8) is 0 Å². The molecule has 0 radical (unpaired) electrons. The van der Waals surface area contributed by atoms with Crippen molar-refractivity contribution in [3.05, 3.63) is 47.0 Å². The molecule has 2 heterocycles. The Morgan fingerprint density at radius 1 is 1.37 bits per heavy atom. The molecule has 1 aliphatic heterocycles. The maximum atomic E-state index is 9.51. The van der Waals surface area contributed by atoms with Crippen LogP contribution in [-0.2, 0) is 12.8 Å². The quantitative estimate of drug-likeness (QED) is 0.915. The van der Waals surface area contributed by atoms with Gasteiger partial charge in [-0.2, -0.15) is 0 Å². The number of aromatic nitrogens is 3. The van der Waals surface area contributed by atoms with Crippen molar-refractivity contribution < 1.29 is 5.11 Å². The number of hydrogen-bond acceptors (Lipinski definition) is 3. The van der Waals surface area contributed by atoms with E-state index in [2.05, 4.69) is 46.0 Å². The lowest BCUT2D eigenvalue weighted by molar-refractivity contribution is 0.203. The molecule has 100 valence electrons. The summed E-state index contributed by atoms with van der Waals surface area (Å²) in [6, 6.07) is 8.61. The monoisotopic (exact) mass is 257 g/mol. The molecule has 2 aromatic rings. The van der Waals surface area contributed by atoms with Crippen LogP contribution in [0.4, 0.5) is 0 Å². The normalized spacial score (nSPS) is 18.3. The molecule has 19 heavy (non-hydrogen) atoms. The number of fused-ring (bicyclic) bond motifs is 1. The number of hydrogen-bond donors (Lipinski definition) is 1. The Balaban J connectivity index is 1.92. The van der Waals surface area contributed by atoms with E-state index in [1.54, 1.807) is 0 Å². The molecule has 0 aliphatic carbocycles. The lowest BCUT2D eigenvalue weighted by atomic mass is 10.0. The third-order valence-corrected chi connectivity index (χ3v) is 3.80. The molecule has 1 aliphatic rings. The molecule has 1 aromatic heterocycles. The molecule has 0 bridgehead atoms. The van der Waals surface area contributed by atoms with E-state index in [4.69, 9.17) is 0 Å². The fourth-order valence-corrected chi connectivity index (χ4v) is 2.88. The van der Waals surface area contributed by atoms with Gasteiger partial charge in [-0.1, -0.05) is 29.8 Å². The van der Waals surface area contributed by atoms with Gasteiger partial charge in [-0.15, -0.1) is 10.2 Å². The van der Waals surface area contributed by atoms with Gasteiger partial charge in [-0.25, -0.2) is 0 Å². The average Bonchev–Trinajstić information content (AvgIpc) is 2.82. The van der Waals surface area contributed by atoms with Crippen LogP contribution >= 0.6 is 0 Å². The number of benzene rings is 1. The first-order chi connectivity index (χ1) is 9.28. The molecule has 4 nitrogen and oxygen atoms in total. The van der Waals surface area contributed by atoms with E-state index < -0.39 is 0 Å². The smallest absolute Gasteiger partial charge is 0.137 e. The number of rotatable bonds is 3. The lowest BCUT2D eigenvalue weighted by Gasteiger charge is -2.24. The molecule has 1 unspecified atom stereocenters. The van der Waals surface area contributed by atoms with E-state index in [9.17, 15) is 5.11 Å². The first-order valence-corrected chi connectivity index (χ1v) is 6.87. The molecule has 0 fully saturated rings. The summed E-state index contributed by atoms with van der Waals surface area (Å²) in [5, 5.41) is 18.1. The van der Waals surface area contributed by atoms with E-state index in [0.29, 0.717) is 0 Å². The summed E-state index contributed by atoms with van der Waals surface area (Å²) in [7, 11) is 0. The summed E-state index contributed by atoms with van der Waals surface area (Å²) < 4.78 is 2.14. The maximum Gasteiger partial charge on any atom is 0.137 e. The fourth-order valence-electron chi connectivity index (χ4n) is 2.88. The van der Waals surface area contributed by atoms with Gasteiger partial charge in [-0.3, -0.25) is 0 Å². The van der Waals surface area contributed by atoms with Crippen LogP contribution in [0.1, 0.15) is 41.7 Å². The van der Waals surface area contributed by atoms with Gasteiger partial charge in [0.2, 0.25) is 0 Å². The Bertz CT molecular complexity index is 577. The van der Waals surface area contributed by atoms with Crippen LogP contribution in [0.25, 0.3) is 0 Å². The van der Waals surface area contributed by atoms with Crippen molar-refractivity contribution in [1.29, 1.82) is 0 Å². The van der Waals surface area contributed by atoms with Crippen molar-refractivity contribution in [2.45, 2.75) is 38.6 Å². The largest absolute Gasteiger partial charge is 0.394 e. The first-order valence-electron chi connectivity index (χ1n) is 6.87. The Kier molecular flexibility index (Phi) is 3.34. The standard InChI is InChI=1S/C15H19N3O/c1-11-4-2-5-12(8-11)9-15-17-16-14-7-3-6-13(10-19)18(14)15/h2,4-5,8,13,19H,3,6-7,9-10H2,1H3. The number of nitrogens with zero attached hydrogens (tertiary/aromatic N) is 3. The molecule has 0 saturated carbocycles. The summed E-state index contributed by atoms with van der Waals surface area (Å²) in [5.74, 6) is 1.99. The maximum absolute atomic E-state index is 9.51. The molecule has 1 atom stereocenters. The molecule has 0 amide bonds. The van der Waals surface area contributed by atoms with Crippen molar-refractivity contribution >= 4 is 0 Å². The Morgan fingerprint density at radius 3 is 3.05 bits per heavy atom. The summed E-state index contributed by atoms with van der Waals surface area (Å²) >= 11 is 0. The van der Waals surface area contributed by atoms with E-state index in [1.165, 1.54) is 11.1 Å². The molecule has 1 N–H and O–H groups in total. The van der Waals surface area contributed by atoms with Crippen molar-refractivity contribution in [2.75, 3.05) is 6.61 Å². The van der Waals surface area contributed by atoms with Crippen LogP contribution in [0.5, 0.6) is 0 Å². The Labute approximate surface area is 113 Å². The van der Waals surface area contributed by atoms with Gasteiger partial charge in [0, 0.05) is 12.8 Å². The molecular weight excluding hydrogens is 238 g/mol. The molecule has 0 spiro atoms. The second kappa shape index (κ2) is 5.13. The van der Waals surface area contributed by atoms with Gasteiger partial charge in [0.25, 0.3) is 0 Å². The van der Waals surface area contributed by atoms with E-state index >= 15 is 0 Å². The predicted octanol–water partition coefficient (Wildman–Crippen LogP) is 2.05. The predicted molar refractivity (Wildman–Crippen MR) is 73.1 cm³/mol. The van der Waals surface area contributed by atoms with E-state index in [-0.39, 0.29) is 12.6 Å². The van der Waals surface area contributed by atoms with Crippen molar-refractivity contribution in [3.8, 4) is 0 Å². The average molecular weight is 257 g/mol. The van der Waals surface area contributed by atoms with Crippen LogP contribution in [0.3, 0.4) is 0 Å². The van der Waals surface area contributed by atoms with Crippen LogP contribution in [-0.4, -0.2) is 26.5 Å². The highest BCUT2D eigenvalue weighted by molar-refractivity contribution is 5.25. The summed E-state index contributed by atoms with van der Waals surface area (Å²) in [6.45, 7) is 2.27. The molecule has 4 heteroatoms. The third kappa shape index (κ3) is 2.40. The zero-order valence-corrected chi connectivity index (χ0v) is 11.2. The zero-order chi connectivity index (χ0) is 13.2. The minimum Gasteiger partial charge on any atom is -0.394 e. The molecular formula is C15H19N3O. The van der Waals surface area contributed by atoms with Crippen LogP contribution in [0.15, 0.2) is 24.3 Å². The topological polar surface area (TPSA) is 50.9 Å². The second-order valence-corrected chi connectivity index (χ2v) is 5.30. The van der Waals surface area contributed by atoms with Crippen LogP contribution in [0.2, 0.25) is 0 Å². The van der Waals surface area contributed by atoms with Gasteiger partial charge < -0.3 is 9.67 Å². The Hall–Kier alpha value is -1.68. The summed E-state index contributed by atoms with van der Waals surface area (Å²) in [5.41, 5.74) is 2.51. The molecule has 0 saturated heterocycles. The Morgan fingerprint density at radius 2 is 2.26 bits per heavy atom. The number of aliphatic hydroxyl groups is 1. The van der Waals surface area contributed by atoms with Gasteiger partial charge >= 0.3 is 0 Å². The minimum absolute atomic E-state index is 0.151. The highest BCUT2D eigenvalue weighted by Gasteiger charge is 2.23.